The molecule has 1 fully saturated rings. The summed E-state index contributed by atoms with van der Waals surface area (Å²) in [5.41, 5.74) is -0.159. The Balaban J connectivity index is 2.44. The third-order valence-electron chi connectivity index (χ3n) is 0.833. The Morgan fingerprint density at radius 3 is 2.38 bits per heavy atom. The highest BCUT2D eigenvalue weighted by molar-refractivity contribution is 7.76. The standard InChI is InChI=1S/C4H8ClO2P/c1-4(2)3-6-8(5)7-4/h3H2,1-2H3. The zero-order valence-electron chi connectivity index (χ0n) is 4.85. The summed E-state index contributed by atoms with van der Waals surface area (Å²) < 4.78 is 10.1. The molecule has 0 amide bonds. The molecule has 1 atom stereocenters. The normalized spacial score (nSPS) is 35.6. The average Bonchev–Trinajstić information content (AvgIpc) is 1.82. The van der Waals surface area contributed by atoms with Crippen LogP contribution in [0.1, 0.15) is 13.8 Å². The van der Waals surface area contributed by atoms with Crippen molar-refractivity contribution in [3.8, 4) is 0 Å². The maximum absolute atomic E-state index is 5.52. The molecule has 0 radical (unpaired) electrons. The zero-order valence-corrected chi connectivity index (χ0v) is 6.50. The molecular weight excluding hydrogens is 146 g/mol. The van der Waals surface area contributed by atoms with E-state index in [4.69, 9.17) is 20.3 Å². The molecule has 4 heteroatoms. The van der Waals surface area contributed by atoms with Crippen molar-refractivity contribution in [3.63, 3.8) is 0 Å². The van der Waals surface area contributed by atoms with Crippen molar-refractivity contribution in [2.45, 2.75) is 19.4 Å². The fourth-order valence-electron chi connectivity index (χ4n) is 0.453. The minimum Gasteiger partial charge on any atom is -0.319 e. The molecule has 1 unspecified atom stereocenters. The highest BCUT2D eigenvalue weighted by Gasteiger charge is 2.32. The highest BCUT2D eigenvalue weighted by atomic mass is 35.7. The summed E-state index contributed by atoms with van der Waals surface area (Å²) in [7, 11) is -1.08. The van der Waals surface area contributed by atoms with Crippen molar-refractivity contribution in [2.75, 3.05) is 6.61 Å². The monoisotopic (exact) mass is 154 g/mol. The first-order valence-electron chi connectivity index (χ1n) is 2.38. The Hall–Kier alpha value is 0.640. The molecule has 0 aliphatic carbocycles. The van der Waals surface area contributed by atoms with Gasteiger partial charge in [-0.25, -0.2) is 0 Å². The van der Waals surface area contributed by atoms with Crippen LogP contribution >= 0.6 is 19.0 Å². The van der Waals surface area contributed by atoms with Gasteiger partial charge in [-0.05, 0) is 25.1 Å². The fourth-order valence-corrected chi connectivity index (χ4v) is 2.07. The van der Waals surface area contributed by atoms with E-state index >= 15 is 0 Å². The van der Waals surface area contributed by atoms with Crippen LogP contribution in [0.25, 0.3) is 0 Å². The lowest BCUT2D eigenvalue weighted by atomic mass is 10.2. The molecule has 0 bridgehead atoms. The maximum atomic E-state index is 5.52. The Labute approximate surface area is 54.8 Å². The molecule has 2 nitrogen and oxygen atoms in total. The summed E-state index contributed by atoms with van der Waals surface area (Å²) in [5.74, 6) is 0. The van der Waals surface area contributed by atoms with Gasteiger partial charge in [0.1, 0.15) is 0 Å². The minimum atomic E-state index is -1.08. The number of rotatable bonds is 0. The van der Waals surface area contributed by atoms with Crippen LogP contribution in [0.5, 0.6) is 0 Å². The van der Waals surface area contributed by atoms with Gasteiger partial charge < -0.3 is 9.05 Å². The molecule has 0 spiro atoms. The van der Waals surface area contributed by atoms with Crippen molar-refractivity contribution in [1.82, 2.24) is 0 Å². The summed E-state index contributed by atoms with van der Waals surface area (Å²) in [6, 6.07) is 0. The number of hydrogen-bond donors (Lipinski definition) is 0. The molecule has 1 aliphatic heterocycles. The predicted octanol–water partition coefficient (Wildman–Crippen LogP) is 2.28. The van der Waals surface area contributed by atoms with E-state index in [1.807, 2.05) is 13.8 Å². The van der Waals surface area contributed by atoms with Crippen LogP contribution in [0.2, 0.25) is 0 Å². The van der Waals surface area contributed by atoms with Gasteiger partial charge in [-0.1, -0.05) is 0 Å². The predicted molar refractivity (Wildman–Crippen MR) is 33.9 cm³/mol. The van der Waals surface area contributed by atoms with Crippen molar-refractivity contribution < 1.29 is 9.05 Å². The summed E-state index contributed by atoms with van der Waals surface area (Å²) in [6.45, 7) is 4.53. The first-order valence-corrected chi connectivity index (χ1v) is 4.46. The van der Waals surface area contributed by atoms with Crippen LogP contribution in [0.15, 0.2) is 0 Å². The van der Waals surface area contributed by atoms with E-state index in [1.165, 1.54) is 0 Å². The Morgan fingerprint density at radius 1 is 1.62 bits per heavy atom. The third kappa shape index (κ3) is 1.56. The van der Waals surface area contributed by atoms with Gasteiger partial charge in [0.2, 0.25) is 0 Å². The molecule has 0 aromatic rings. The number of hydrogen-bond acceptors (Lipinski definition) is 2. The smallest absolute Gasteiger partial charge is 0.277 e. The lowest BCUT2D eigenvalue weighted by Crippen LogP contribution is -2.20. The molecular formula is C4H8ClO2P. The first kappa shape index (κ1) is 6.76. The van der Waals surface area contributed by atoms with Gasteiger partial charge in [-0.2, -0.15) is 0 Å². The van der Waals surface area contributed by atoms with Crippen molar-refractivity contribution in [1.29, 1.82) is 0 Å². The van der Waals surface area contributed by atoms with Gasteiger partial charge in [0.25, 0.3) is 7.73 Å². The molecule has 1 saturated heterocycles. The van der Waals surface area contributed by atoms with Gasteiger partial charge in [0.15, 0.2) is 0 Å². The SMILES string of the molecule is CC1(C)COP(Cl)O1. The van der Waals surface area contributed by atoms with E-state index in [-0.39, 0.29) is 5.60 Å². The zero-order chi connectivity index (χ0) is 6.20. The van der Waals surface area contributed by atoms with Gasteiger partial charge in [-0.3, -0.25) is 0 Å². The van der Waals surface area contributed by atoms with Crippen LogP contribution in [-0.4, -0.2) is 12.2 Å². The highest BCUT2D eigenvalue weighted by Crippen LogP contribution is 2.53. The molecule has 1 heterocycles. The van der Waals surface area contributed by atoms with E-state index in [9.17, 15) is 0 Å². The van der Waals surface area contributed by atoms with Gasteiger partial charge in [0, 0.05) is 0 Å². The summed E-state index contributed by atoms with van der Waals surface area (Å²) in [4.78, 5) is 0. The third-order valence-corrected chi connectivity index (χ3v) is 2.30. The second kappa shape index (κ2) is 2.11. The second-order valence-electron chi connectivity index (χ2n) is 2.34. The minimum absolute atomic E-state index is 0.159. The molecule has 1 aliphatic rings. The molecule has 0 aromatic heterocycles. The maximum Gasteiger partial charge on any atom is 0.277 e. The van der Waals surface area contributed by atoms with Gasteiger partial charge in [0.05, 0.1) is 12.2 Å². The van der Waals surface area contributed by atoms with E-state index in [0.717, 1.165) is 0 Å². The molecule has 1 rings (SSSR count). The van der Waals surface area contributed by atoms with Gasteiger partial charge >= 0.3 is 0 Å². The molecule has 48 valence electrons. The van der Waals surface area contributed by atoms with Crippen molar-refractivity contribution in [3.05, 3.63) is 0 Å². The Morgan fingerprint density at radius 2 is 2.25 bits per heavy atom. The van der Waals surface area contributed by atoms with Crippen LogP contribution in [0.4, 0.5) is 0 Å². The van der Waals surface area contributed by atoms with Gasteiger partial charge in [-0.15, -0.1) is 0 Å². The summed E-state index contributed by atoms with van der Waals surface area (Å²) in [5, 5.41) is 0. The Kier molecular flexibility index (Phi) is 1.78. The largest absolute Gasteiger partial charge is 0.319 e. The van der Waals surface area contributed by atoms with Crippen molar-refractivity contribution >= 4 is 19.0 Å². The lowest BCUT2D eigenvalue weighted by molar-refractivity contribution is 0.143. The van der Waals surface area contributed by atoms with Crippen molar-refractivity contribution in [2.24, 2.45) is 0 Å². The van der Waals surface area contributed by atoms with E-state index in [2.05, 4.69) is 0 Å². The summed E-state index contributed by atoms with van der Waals surface area (Å²) >= 11 is 5.52. The molecule has 0 N–H and O–H groups in total. The first-order chi connectivity index (χ1) is 3.60. The molecule has 8 heavy (non-hydrogen) atoms. The van der Waals surface area contributed by atoms with E-state index in [0.29, 0.717) is 6.61 Å². The number of halogens is 1. The topological polar surface area (TPSA) is 18.5 Å². The average molecular weight is 155 g/mol. The van der Waals surface area contributed by atoms with Crippen LogP contribution in [0.3, 0.4) is 0 Å². The van der Waals surface area contributed by atoms with E-state index < -0.39 is 7.73 Å². The molecule has 0 aromatic carbocycles. The quantitative estimate of drug-likeness (QED) is 0.499. The lowest BCUT2D eigenvalue weighted by Gasteiger charge is -2.11. The second-order valence-corrected chi connectivity index (χ2v) is 4.03. The summed E-state index contributed by atoms with van der Waals surface area (Å²) in [6.07, 6.45) is 0. The fraction of sp³-hybridized carbons (Fsp3) is 1.00. The Bertz CT molecular complexity index is 96.0. The van der Waals surface area contributed by atoms with Crippen LogP contribution < -0.4 is 0 Å². The molecule has 0 saturated carbocycles. The van der Waals surface area contributed by atoms with Crippen LogP contribution in [-0.2, 0) is 9.05 Å². The van der Waals surface area contributed by atoms with Crippen LogP contribution in [0, 0.1) is 0 Å². The van der Waals surface area contributed by atoms with E-state index in [1.54, 1.807) is 0 Å².